The van der Waals surface area contributed by atoms with Crippen molar-refractivity contribution in [2.45, 2.75) is 51.4 Å². The fourth-order valence-corrected chi connectivity index (χ4v) is 7.83. The van der Waals surface area contributed by atoms with Crippen LogP contribution in [0.25, 0.3) is 17.2 Å². The van der Waals surface area contributed by atoms with Gasteiger partial charge in [0.15, 0.2) is 17.3 Å². The molecule has 19 heteroatoms. The highest BCUT2D eigenvalue weighted by molar-refractivity contribution is 6.33. The maximum Gasteiger partial charge on any atom is 0.416 e. The van der Waals surface area contributed by atoms with E-state index in [1.54, 1.807) is 18.6 Å². The number of aromatic hydroxyl groups is 1. The zero-order valence-corrected chi connectivity index (χ0v) is 33.1. The summed E-state index contributed by atoms with van der Waals surface area (Å²) >= 11 is 6.17. The number of piperazine rings is 1. The van der Waals surface area contributed by atoms with Gasteiger partial charge in [0, 0.05) is 51.9 Å². The van der Waals surface area contributed by atoms with Crippen molar-refractivity contribution in [1.29, 1.82) is 0 Å². The minimum Gasteiger partial charge on any atom is -0.504 e. The van der Waals surface area contributed by atoms with Gasteiger partial charge in [-0.25, -0.2) is 9.97 Å². The van der Waals surface area contributed by atoms with Crippen LogP contribution in [0, 0.1) is 6.92 Å². The first-order chi connectivity index (χ1) is 27.6. The molecule has 2 aliphatic heterocycles. The fraction of sp³-hybridized carbons (Fsp3) is 0.410. The Hall–Kier alpha value is -5.59. The second-order valence-corrected chi connectivity index (χ2v) is 14.8. The van der Waals surface area contributed by atoms with Gasteiger partial charge in [0.2, 0.25) is 11.7 Å². The van der Waals surface area contributed by atoms with E-state index < -0.39 is 41.3 Å². The number of alkyl halides is 3. The van der Waals surface area contributed by atoms with E-state index in [0.29, 0.717) is 11.3 Å². The summed E-state index contributed by atoms with van der Waals surface area (Å²) < 4.78 is 48.7. The lowest BCUT2D eigenvalue weighted by atomic mass is 9.84. The number of piperidine rings is 1. The Morgan fingerprint density at radius 3 is 2.33 bits per heavy atom. The summed E-state index contributed by atoms with van der Waals surface area (Å²) in [6.07, 6.45) is -1.51. The maximum atomic E-state index is 14.5. The number of halogens is 4. The largest absolute Gasteiger partial charge is 0.504 e. The smallest absolute Gasteiger partial charge is 0.416 e. The van der Waals surface area contributed by atoms with Crippen LogP contribution in [-0.4, -0.2) is 109 Å². The van der Waals surface area contributed by atoms with Gasteiger partial charge in [-0.3, -0.25) is 14.4 Å². The number of methoxy groups -OCH3 is 1. The van der Waals surface area contributed by atoms with E-state index in [1.807, 2.05) is 36.1 Å². The maximum absolute atomic E-state index is 14.5. The molecule has 0 bridgehead atoms. The van der Waals surface area contributed by atoms with Gasteiger partial charge in [-0.05, 0) is 57.0 Å². The number of fused-ring (bicyclic) bond motifs is 1. The average molecular weight is 823 g/mol. The number of carbonyl (C=O) groups excluding carboxylic acids is 2. The van der Waals surface area contributed by atoms with E-state index in [4.69, 9.17) is 21.3 Å². The first kappa shape index (κ1) is 40.6. The summed E-state index contributed by atoms with van der Waals surface area (Å²) in [6.45, 7) is 5.56. The number of rotatable bonds is 9. The molecule has 58 heavy (non-hydrogen) atoms. The predicted molar refractivity (Wildman–Crippen MR) is 209 cm³/mol. The average Bonchev–Trinajstić information content (AvgIpc) is 3.67. The number of likely N-dealkylation sites (tertiary alicyclic amines) is 1. The van der Waals surface area contributed by atoms with Crippen molar-refractivity contribution in [3.8, 4) is 17.1 Å². The van der Waals surface area contributed by atoms with Gasteiger partial charge >= 0.3 is 6.18 Å². The van der Waals surface area contributed by atoms with Crippen LogP contribution in [0.1, 0.15) is 52.8 Å². The van der Waals surface area contributed by atoms with Crippen LogP contribution >= 0.6 is 11.6 Å². The van der Waals surface area contributed by atoms with Gasteiger partial charge in [0.25, 0.3) is 11.5 Å². The molecule has 0 saturated carbocycles. The van der Waals surface area contributed by atoms with Crippen LogP contribution in [-0.2, 0) is 34.3 Å². The molecule has 5 aromatic rings. The van der Waals surface area contributed by atoms with Crippen LogP contribution < -0.4 is 15.8 Å². The molecule has 3 aromatic heterocycles. The molecule has 2 saturated heterocycles. The quantitative estimate of drug-likeness (QED) is 0.211. The van der Waals surface area contributed by atoms with Gasteiger partial charge in [0.05, 0.1) is 33.3 Å². The molecule has 2 fully saturated rings. The third-order valence-corrected chi connectivity index (χ3v) is 11.3. The third kappa shape index (κ3) is 7.70. The standard InChI is InChI=1S/C39H42ClF3N10O5/c1-5-29-32(50-16-18-51(19-17-50)35(56)31-33(55)23(2)44-22-45-31)36(57)53-37(52(29)21-30(54)46-28-11-10-26(20-27(28)40)39(41,42)43)47-34(48-53)24-6-8-25(9-7-24)38(58-4)12-14-49(3)15-13-38/h6-11,20,22,55H,5,12-19,21H2,1-4H3,(H,46,54). The number of anilines is 2. The van der Waals surface area contributed by atoms with E-state index >= 15 is 0 Å². The Morgan fingerprint density at radius 1 is 1.02 bits per heavy atom. The fourth-order valence-electron chi connectivity index (χ4n) is 7.60. The molecular formula is C39H42ClF3N10O5. The summed E-state index contributed by atoms with van der Waals surface area (Å²) in [4.78, 5) is 59.8. The van der Waals surface area contributed by atoms with Gasteiger partial charge in [-0.15, -0.1) is 5.10 Å². The number of aromatic nitrogens is 6. The molecule has 0 unspecified atom stereocenters. The Bertz CT molecular complexity index is 2420. The number of ether oxygens (including phenoxy) is 1. The van der Waals surface area contributed by atoms with Gasteiger partial charge < -0.3 is 34.4 Å². The molecular weight excluding hydrogens is 781 g/mol. The van der Waals surface area contributed by atoms with Crippen molar-refractivity contribution < 1.29 is 32.6 Å². The molecule has 306 valence electrons. The van der Waals surface area contributed by atoms with E-state index in [0.717, 1.165) is 54.2 Å². The predicted octanol–water partition coefficient (Wildman–Crippen LogP) is 4.77. The summed E-state index contributed by atoms with van der Waals surface area (Å²) in [5, 5.41) is 17.4. The number of benzene rings is 2. The lowest BCUT2D eigenvalue weighted by Gasteiger charge is -2.40. The van der Waals surface area contributed by atoms with Crippen molar-refractivity contribution in [2.75, 3.05) is 63.6 Å². The van der Waals surface area contributed by atoms with E-state index in [9.17, 15) is 32.7 Å². The SMILES string of the molecule is CCc1c(N2CCN(C(=O)c3ncnc(C)c3O)CC2)c(=O)n2nc(-c3ccc(C4(OC)CCN(C)CC4)cc3)nc2n1CC(=O)Nc1ccc(C(F)(F)F)cc1Cl. The molecule has 5 heterocycles. The first-order valence-corrected chi connectivity index (χ1v) is 19.1. The topological polar surface area (TPSA) is 163 Å². The number of aryl methyl sites for hydroxylation is 1. The van der Waals surface area contributed by atoms with Crippen molar-refractivity contribution in [2.24, 2.45) is 0 Å². The van der Waals surface area contributed by atoms with Crippen LogP contribution in [0.2, 0.25) is 5.02 Å². The van der Waals surface area contributed by atoms with Gasteiger partial charge in [0.1, 0.15) is 18.6 Å². The molecule has 2 aliphatic rings. The van der Waals surface area contributed by atoms with Crippen LogP contribution in [0.5, 0.6) is 5.75 Å². The molecule has 2 N–H and O–H groups in total. The zero-order chi connectivity index (χ0) is 41.5. The molecule has 2 aromatic carbocycles. The molecule has 0 atom stereocenters. The Labute approximate surface area is 336 Å². The first-order valence-electron chi connectivity index (χ1n) is 18.7. The molecule has 7 rings (SSSR count). The lowest BCUT2D eigenvalue weighted by molar-refractivity contribution is -0.137. The Kier molecular flexibility index (Phi) is 11.2. The normalized spacial score (nSPS) is 16.2. The Morgan fingerprint density at radius 2 is 1.71 bits per heavy atom. The van der Waals surface area contributed by atoms with E-state index in [-0.39, 0.29) is 77.7 Å². The van der Waals surface area contributed by atoms with Crippen LogP contribution in [0.3, 0.4) is 0 Å². The van der Waals surface area contributed by atoms with E-state index in [2.05, 4.69) is 32.3 Å². The highest BCUT2D eigenvalue weighted by Gasteiger charge is 2.36. The number of hydrogen-bond acceptors (Lipinski definition) is 11. The minimum atomic E-state index is -4.63. The van der Waals surface area contributed by atoms with Crippen LogP contribution in [0.4, 0.5) is 24.5 Å². The second kappa shape index (κ2) is 16.0. The Balaban J connectivity index is 1.25. The van der Waals surface area contributed by atoms with Crippen molar-refractivity contribution in [3.05, 3.63) is 92.4 Å². The summed E-state index contributed by atoms with van der Waals surface area (Å²) in [7, 11) is 3.79. The van der Waals surface area contributed by atoms with Crippen molar-refractivity contribution in [3.63, 3.8) is 0 Å². The van der Waals surface area contributed by atoms with Crippen molar-refractivity contribution >= 4 is 40.6 Å². The summed E-state index contributed by atoms with van der Waals surface area (Å²) in [5.74, 6) is -1.12. The van der Waals surface area contributed by atoms with Gasteiger partial charge in [-0.1, -0.05) is 42.8 Å². The highest BCUT2D eigenvalue weighted by Crippen LogP contribution is 2.37. The molecule has 0 radical (unpaired) electrons. The molecule has 2 amide bonds. The molecule has 15 nitrogen and oxygen atoms in total. The zero-order valence-electron chi connectivity index (χ0n) is 32.3. The number of nitrogens with zero attached hydrogens (tertiary/aromatic N) is 9. The number of nitrogens with one attached hydrogen (secondary N) is 1. The molecule has 0 spiro atoms. The van der Waals surface area contributed by atoms with Crippen molar-refractivity contribution in [1.82, 2.24) is 38.9 Å². The van der Waals surface area contributed by atoms with Gasteiger partial charge in [-0.2, -0.15) is 22.7 Å². The number of carbonyl (C=O) groups is 2. The third-order valence-electron chi connectivity index (χ3n) is 11.0. The lowest BCUT2D eigenvalue weighted by Crippen LogP contribution is -2.51. The summed E-state index contributed by atoms with van der Waals surface area (Å²) in [6, 6.07) is 10.3. The minimum absolute atomic E-state index is 0.0265. The number of amides is 2. The second-order valence-electron chi connectivity index (χ2n) is 14.4. The molecule has 0 aliphatic carbocycles. The monoisotopic (exact) mass is 822 g/mol. The number of hydrogen-bond donors (Lipinski definition) is 2. The van der Waals surface area contributed by atoms with Crippen LogP contribution in [0.15, 0.2) is 53.6 Å². The highest BCUT2D eigenvalue weighted by atomic mass is 35.5. The summed E-state index contributed by atoms with van der Waals surface area (Å²) in [5.41, 5.74) is 0.550. The van der Waals surface area contributed by atoms with E-state index in [1.165, 1.54) is 11.2 Å².